The van der Waals surface area contributed by atoms with E-state index in [-0.39, 0.29) is 24.0 Å². The molecule has 0 saturated carbocycles. The minimum atomic E-state index is -0.332. The van der Waals surface area contributed by atoms with Crippen LogP contribution in [0.5, 0.6) is 0 Å². The van der Waals surface area contributed by atoms with Crippen molar-refractivity contribution in [2.45, 2.75) is 19.8 Å². The number of anilines is 2. The third-order valence-corrected chi connectivity index (χ3v) is 4.45. The molecule has 27 heavy (non-hydrogen) atoms. The summed E-state index contributed by atoms with van der Waals surface area (Å²) in [5, 5.41) is 5.64. The molecule has 3 aromatic rings. The first-order valence-corrected chi connectivity index (χ1v) is 9.37. The highest BCUT2D eigenvalue weighted by Gasteiger charge is 2.11. The van der Waals surface area contributed by atoms with E-state index in [2.05, 4.69) is 33.5 Å². The molecule has 138 valence electrons. The van der Waals surface area contributed by atoms with Crippen molar-refractivity contribution in [2.24, 2.45) is 0 Å². The van der Waals surface area contributed by atoms with Gasteiger partial charge in [0.2, 0.25) is 5.91 Å². The van der Waals surface area contributed by atoms with Crippen LogP contribution < -0.4 is 10.6 Å². The second kappa shape index (κ2) is 8.68. The third kappa shape index (κ3) is 5.31. The number of rotatable bonds is 6. The summed E-state index contributed by atoms with van der Waals surface area (Å²) in [6, 6.07) is 18.2. The van der Waals surface area contributed by atoms with E-state index in [1.165, 1.54) is 5.56 Å². The summed E-state index contributed by atoms with van der Waals surface area (Å²) in [7, 11) is 0. The molecule has 3 rings (SSSR count). The van der Waals surface area contributed by atoms with Gasteiger partial charge < -0.3 is 15.1 Å². The smallest absolute Gasteiger partial charge is 0.291 e. The summed E-state index contributed by atoms with van der Waals surface area (Å²) in [6.07, 6.45) is 1.23. The van der Waals surface area contributed by atoms with Gasteiger partial charge >= 0.3 is 0 Å². The standard InChI is InChI=1S/C21H19BrN2O3/c1-2-14-3-7-16(8-4-14)23-20(25)13-15-5-9-17(10-6-15)24-21(26)18-11-12-19(22)27-18/h3-12H,2,13H2,1H3,(H,23,25)(H,24,26). The van der Waals surface area contributed by atoms with E-state index >= 15 is 0 Å². The first-order valence-electron chi connectivity index (χ1n) is 8.58. The van der Waals surface area contributed by atoms with Gasteiger partial charge in [-0.3, -0.25) is 9.59 Å². The van der Waals surface area contributed by atoms with Crippen LogP contribution in [0, 0.1) is 0 Å². The first kappa shape index (κ1) is 18.9. The summed E-state index contributed by atoms with van der Waals surface area (Å²) < 4.78 is 5.72. The summed E-state index contributed by atoms with van der Waals surface area (Å²) in [5.74, 6) is -0.197. The fourth-order valence-electron chi connectivity index (χ4n) is 2.55. The van der Waals surface area contributed by atoms with Crippen molar-refractivity contribution in [1.29, 1.82) is 0 Å². The molecular weight excluding hydrogens is 408 g/mol. The zero-order chi connectivity index (χ0) is 19.2. The van der Waals surface area contributed by atoms with Gasteiger partial charge in [-0.1, -0.05) is 31.2 Å². The fraction of sp³-hybridized carbons (Fsp3) is 0.143. The zero-order valence-electron chi connectivity index (χ0n) is 14.8. The Bertz CT molecular complexity index is 931. The summed E-state index contributed by atoms with van der Waals surface area (Å²) in [4.78, 5) is 24.2. The van der Waals surface area contributed by atoms with E-state index in [0.717, 1.165) is 17.7 Å². The predicted octanol–water partition coefficient (Wildman–Crippen LogP) is 5.04. The van der Waals surface area contributed by atoms with Gasteiger partial charge in [-0.25, -0.2) is 0 Å². The highest BCUT2D eigenvalue weighted by atomic mass is 79.9. The number of hydrogen-bond acceptors (Lipinski definition) is 3. The normalized spacial score (nSPS) is 10.4. The number of aryl methyl sites for hydroxylation is 1. The van der Waals surface area contributed by atoms with E-state index < -0.39 is 0 Å². The summed E-state index contributed by atoms with van der Waals surface area (Å²) >= 11 is 3.16. The van der Waals surface area contributed by atoms with Crippen molar-refractivity contribution < 1.29 is 14.0 Å². The lowest BCUT2D eigenvalue weighted by Crippen LogP contribution is -2.14. The maximum absolute atomic E-state index is 12.2. The minimum Gasteiger partial charge on any atom is -0.444 e. The lowest BCUT2D eigenvalue weighted by atomic mass is 10.1. The molecule has 0 radical (unpaired) electrons. The Kier molecular flexibility index (Phi) is 6.08. The number of amides is 2. The molecule has 5 nitrogen and oxygen atoms in total. The Morgan fingerprint density at radius 2 is 1.44 bits per heavy atom. The highest BCUT2D eigenvalue weighted by Crippen LogP contribution is 2.17. The molecule has 2 aromatic carbocycles. The second-order valence-corrected chi connectivity index (χ2v) is 6.81. The van der Waals surface area contributed by atoms with E-state index in [0.29, 0.717) is 10.4 Å². The molecule has 0 aliphatic rings. The average molecular weight is 427 g/mol. The number of carbonyl (C=O) groups excluding carboxylic acids is 2. The molecule has 0 fully saturated rings. The fourth-order valence-corrected chi connectivity index (χ4v) is 2.86. The van der Waals surface area contributed by atoms with Gasteiger partial charge in [0.15, 0.2) is 10.4 Å². The van der Waals surface area contributed by atoms with Crippen molar-refractivity contribution in [2.75, 3.05) is 10.6 Å². The number of carbonyl (C=O) groups is 2. The Balaban J connectivity index is 1.55. The number of halogens is 1. The molecular formula is C21H19BrN2O3. The Hall–Kier alpha value is -2.86. The first-order chi connectivity index (χ1) is 13.0. The quantitative estimate of drug-likeness (QED) is 0.579. The Morgan fingerprint density at radius 1 is 0.852 bits per heavy atom. The van der Waals surface area contributed by atoms with Crippen molar-refractivity contribution in [3.05, 3.63) is 82.2 Å². The maximum Gasteiger partial charge on any atom is 0.291 e. The highest BCUT2D eigenvalue weighted by molar-refractivity contribution is 9.10. The topological polar surface area (TPSA) is 71.3 Å². The molecule has 0 aliphatic heterocycles. The zero-order valence-corrected chi connectivity index (χ0v) is 16.4. The van der Waals surface area contributed by atoms with Crippen LogP contribution in [0.15, 0.2) is 69.8 Å². The molecule has 6 heteroatoms. The molecule has 1 heterocycles. The van der Waals surface area contributed by atoms with E-state index in [1.54, 1.807) is 24.3 Å². The Morgan fingerprint density at radius 3 is 2.00 bits per heavy atom. The molecule has 0 aliphatic carbocycles. The molecule has 0 bridgehead atoms. The lowest BCUT2D eigenvalue weighted by Gasteiger charge is -2.07. The number of hydrogen-bond donors (Lipinski definition) is 2. The molecule has 0 atom stereocenters. The number of nitrogens with one attached hydrogen (secondary N) is 2. The molecule has 0 saturated heterocycles. The summed E-state index contributed by atoms with van der Waals surface area (Å²) in [6.45, 7) is 2.09. The molecule has 2 N–H and O–H groups in total. The van der Waals surface area contributed by atoms with Gasteiger partial charge in [-0.15, -0.1) is 0 Å². The monoisotopic (exact) mass is 426 g/mol. The predicted molar refractivity (Wildman–Crippen MR) is 109 cm³/mol. The molecule has 2 amide bonds. The lowest BCUT2D eigenvalue weighted by molar-refractivity contribution is -0.115. The number of benzene rings is 2. The van der Waals surface area contributed by atoms with Crippen LogP contribution in [-0.4, -0.2) is 11.8 Å². The van der Waals surface area contributed by atoms with E-state index in [9.17, 15) is 9.59 Å². The van der Waals surface area contributed by atoms with Gasteiger partial charge in [0.25, 0.3) is 5.91 Å². The van der Waals surface area contributed by atoms with Crippen LogP contribution in [0.3, 0.4) is 0 Å². The van der Waals surface area contributed by atoms with Crippen LogP contribution >= 0.6 is 15.9 Å². The molecule has 0 unspecified atom stereocenters. The van der Waals surface area contributed by atoms with Crippen LogP contribution in [0.25, 0.3) is 0 Å². The van der Waals surface area contributed by atoms with Crippen LogP contribution in [0.2, 0.25) is 0 Å². The van der Waals surface area contributed by atoms with Gasteiger partial charge in [-0.2, -0.15) is 0 Å². The van der Waals surface area contributed by atoms with Gasteiger partial charge in [0.1, 0.15) is 0 Å². The number of furan rings is 1. The molecule has 1 aromatic heterocycles. The van der Waals surface area contributed by atoms with Crippen LogP contribution in [0.4, 0.5) is 11.4 Å². The maximum atomic E-state index is 12.2. The van der Waals surface area contributed by atoms with Crippen molar-refractivity contribution in [3.63, 3.8) is 0 Å². The SMILES string of the molecule is CCc1ccc(NC(=O)Cc2ccc(NC(=O)c3ccc(Br)o3)cc2)cc1. The average Bonchev–Trinajstić information content (AvgIpc) is 3.10. The third-order valence-electron chi connectivity index (χ3n) is 4.02. The minimum absolute atomic E-state index is 0.0866. The van der Waals surface area contributed by atoms with Gasteiger partial charge in [0.05, 0.1) is 6.42 Å². The summed E-state index contributed by atoms with van der Waals surface area (Å²) in [5.41, 5.74) is 3.50. The van der Waals surface area contributed by atoms with Gasteiger partial charge in [-0.05, 0) is 69.9 Å². The second-order valence-electron chi connectivity index (χ2n) is 6.03. The van der Waals surface area contributed by atoms with Crippen LogP contribution in [0.1, 0.15) is 28.6 Å². The van der Waals surface area contributed by atoms with Crippen molar-refractivity contribution >= 4 is 39.1 Å². The van der Waals surface area contributed by atoms with Gasteiger partial charge in [0, 0.05) is 11.4 Å². The largest absolute Gasteiger partial charge is 0.444 e. The molecule has 0 spiro atoms. The van der Waals surface area contributed by atoms with E-state index in [4.69, 9.17) is 4.42 Å². The van der Waals surface area contributed by atoms with Crippen molar-refractivity contribution in [1.82, 2.24) is 0 Å². The van der Waals surface area contributed by atoms with E-state index in [1.807, 2.05) is 36.4 Å². The van der Waals surface area contributed by atoms with Crippen molar-refractivity contribution in [3.8, 4) is 0 Å². The Labute approximate surface area is 165 Å². The van der Waals surface area contributed by atoms with Crippen LogP contribution in [-0.2, 0) is 17.6 Å².